The maximum absolute atomic E-state index is 12.7. The number of aryl methyl sites for hydroxylation is 1. The van der Waals surface area contributed by atoms with Crippen molar-refractivity contribution in [3.05, 3.63) is 64.4 Å². The molecule has 4 nitrogen and oxygen atoms in total. The predicted octanol–water partition coefficient (Wildman–Crippen LogP) is 1.86. The number of benzene rings is 2. The van der Waals surface area contributed by atoms with Crippen molar-refractivity contribution in [1.82, 2.24) is 0 Å². The van der Waals surface area contributed by atoms with Crippen LogP contribution in [0.4, 0.5) is 0 Å². The monoisotopic (exact) mass is 335 g/mol. The second kappa shape index (κ2) is 6.37. The third kappa shape index (κ3) is 2.94. The summed E-state index contributed by atoms with van der Waals surface area (Å²) in [5.41, 5.74) is 3.17. The quantitative estimate of drug-likeness (QED) is 0.871. The number of nitrogens with one attached hydrogen (secondary N) is 1. The number of ether oxygens (including phenoxy) is 1. The largest absolute Gasteiger partial charge is 0.872 e. The second-order valence-electron chi connectivity index (χ2n) is 6.85. The summed E-state index contributed by atoms with van der Waals surface area (Å²) in [5, 5.41) is 12.4. The standard InChI is InChI=1S/C21H21NO3/c1-14-6-2-3-7-15(14)12-19-20(24)16-8-9-18(23)17(21(16)25-19)13-22-10-4-5-11-22/h2-3,6-9,12,23H,4-5,10-11,13H2,1H3. The first-order valence-electron chi connectivity index (χ1n) is 8.80. The van der Waals surface area contributed by atoms with Gasteiger partial charge in [0.05, 0.1) is 18.7 Å². The zero-order valence-corrected chi connectivity index (χ0v) is 14.3. The molecule has 4 heteroatoms. The first-order chi connectivity index (χ1) is 12.1. The van der Waals surface area contributed by atoms with E-state index in [0.717, 1.165) is 24.2 Å². The molecule has 4 rings (SSSR count). The van der Waals surface area contributed by atoms with Crippen LogP contribution in [0.2, 0.25) is 0 Å². The number of likely N-dealkylation sites (tertiary alicyclic amines) is 1. The van der Waals surface area contributed by atoms with Crippen LogP contribution in [0, 0.1) is 6.92 Å². The lowest BCUT2D eigenvalue weighted by Crippen LogP contribution is -3.08. The summed E-state index contributed by atoms with van der Waals surface area (Å²) in [6.45, 7) is 4.77. The van der Waals surface area contributed by atoms with Crippen molar-refractivity contribution < 1.29 is 19.5 Å². The molecule has 2 aliphatic heterocycles. The van der Waals surface area contributed by atoms with Gasteiger partial charge in [-0.05, 0) is 30.2 Å². The normalized spacial score (nSPS) is 18.6. The van der Waals surface area contributed by atoms with Crippen molar-refractivity contribution in [2.24, 2.45) is 0 Å². The number of carbonyl (C=O) groups is 1. The van der Waals surface area contributed by atoms with E-state index in [1.807, 2.05) is 31.2 Å². The molecular formula is C21H21NO3. The van der Waals surface area contributed by atoms with E-state index in [4.69, 9.17) is 4.74 Å². The first kappa shape index (κ1) is 15.9. The maximum atomic E-state index is 12.7. The molecule has 1 fully saturated rings. The van der Waals surface area contributed by atoms with Crippen molar-refractivity contribution in [3.63, 3.8) is 0 Å². The molecule has 2 aromatic carbocycles. The molecule has 0 unspecified atom stereocenters. The topological polar surface area (TPSA) is 53.8 Å². The van der Waals surface area contributed by atoms with Crippen LogP contribution in [0.25, 0.3) is 6.08 Å². The van der Waals surface area contributed by atoms with Gasteiger partial charge in [0, 0.05) is 18.4 Å². The number of hydrogen-bond donors (Lipinski definition) is 1. The molecule has 2 aliphatic rings. The average molecular weight is 335 g/mol. The van der Waals surface area contributed by atoms with Crippen LogP contribution in [0.1, 0.15) is 39.9 Å². The van der Waals surface area contributed by atoms with Gasteiger partial charge in [0.1, 0.15) is 12.3 Å². The zero-order valence-electron chi connectivity index (χ0n) is 14.3. The molecule has 0 saturated carbocycles. The van der Waals surface area contributed by atoms with Gasteiger partial charge >= 0.3 is 0 Å². The molecule has 0 spiro atoms. The molecule has 1 saturated heterocycles. The van der Waals surface area contributed by atoms with E-state index >= 15 is 0 Å². The highest BCUT2D eigenvalue weighted by Crippen LogP contribution is 2.38. The van der Waals surface area contributed by atoms with Gasteiger partial charge in [-0.3, -0.25) is 4.79 Å². The van der Waals surface area contributed by atoms with Crippen LogP contribution in [0.5, 0.6) is 11.5 Å². The number of Topliss-reactive ketones (excluding diaryl/α,β-unsaturated/α-hetero) is 1. The Kier molecular flexibility index (Phi) is 4.06. The smallest absolute Gasteiger partial charge is 0.231 e. The van der Waals surface area contributed by atoms with Crippen molar-refractivity contribution in [1.29, 1.82) is 0 Å². The van der Waals surface area contributed by atoms with Gasteiger partial charge in [0.15, 0.2) is 5.76 Å². The Balaban J connectivity index is 1.70. The van der Waals surface area contributed by atoms with E-state index in [1.54, 1.807) is 12.1 Å². The van der Waals surface area contributed by atoms with Crippen molar-refractivity contribution >= 4 is 11.9 Å². The molecule has 0 radical (unpaired) electrons. The first-order valence-corrected chi connectivity index (χ1v) is 8.80. The Morgan fingerprint density at radius 3 is 2.68 bits per heavy atom. The van der Waals surface area contributed by atoms with Crippen molar-refractivity contribution in [3.8, 4) is 11.5 Å². The molecule has 0 aliphatic carbocycles. The number of hydrogen-bond acceptors (Lipinski definition) is 3. The molecule has 25 heavy (non-hydrogen) atoms. The number of allylic oxidation sites excluding steroid dienone is 1. The van der Waals surface area contributed by atoms with Crippen LogP contribution < -0.4 is 14.7 Å². The Morgan fingerprint density at radius 1 is 1.16 bits per heavy atom. The minimum Gasteiger partial charge on any atom is -0.872 e. The SMILES string of the molecule is Cc1ccccc1C=C1Oc2c(ccc([O-])c2C[NH+]2CCCC2)C1=O. The third-order valence-electron chi connectivity index (χ3n) is 5.11. The molecule has 0 atom stereocenters. The molecule has 2 heterocycles. The van der Waals surface area contributed by atoms with Crippen LogP contribution >= 0.6 is 0 Å². The molecule has 0 bridgehead atoms. The number of carbonyl (C=O) groups excluding carboxylic acids is 1. The average Bonchev–Trinajstić information content (AvgIpc) is 3.21. The van der Waals surface area contributed by atoms with Crippen molar-refractivity contribution in [2.45, 2.75) is 26.3 Å². The lowest BCUT2D eigenvalue weighted by molar-refractivity contribution is -0.901. The van der Waals surface area contributed by atoms with Crippen LogP contribution in [-0.2, 0) is 6.54 Å². The summed E-state index contributed by atoms with van der Waals surface area (Å²) < 4.78 is 5.90. The molecular weight excluding hydrogens is 314 g/mol. The van der Waals surface area contributed by atoms with Gasteiger partial charge in [0.2, 0.25) is 5.78 Å². The van der Waals surface area contributed by atoms with Gasteiger partial charge in [-0.25, -0.2) is 0 Å². The minimum absolute atomic E-state index is 0.0388. The molecule has 128 valence electrons. The van der Waals surface area contributed by atoms with Crippen LogP contribution in [0.15, 0.2) is 42.2 Å². The lowest BCUT2D eigenvalue weighted by Gasteiger charge is -2.19. The second-order valence-corrected chi connectivity index (χ2v) is 6.85. The highest BCUT2D eigenvalue weighted by atomic mass is 16.5. The van der Waals surface area contributed by atoms with Crippen molar-refractivity contribution in [2.75, 3.05) is 13.1 Å². The number of quaternary nitrogens is 1. The fourth-order valence-electron chi connectivity index (χ4n) is 3.65. The van der Waals surface area contributed by atoms with E-state index in [9.17, 15) is 9.90 Å². The Morgan fingerprint density at radius 2 is 1.92 bits per heavy atom. The summed E-state index contributed by atoms with van der Waals surface area (Å²) in [4.78, 5) is 14.1. The van der Waals surface area contributed by atoms with E-state index in [-0.39, 0.29) is 11.5 Å². The van der Waals surface area contributed by atoms with E-state index in [0.29, 0.717) is 29.2 Å². The van der Waals surface area contributed by atoms with E-state index in [1.165, 1.54) is 23.8 Å². The minimum atomic E-state index is -0.143. The highest BCUT2D eigenvalue weighted by Gasteiger charge is 2.31. The maximum Gasteiger partial charge on any atom is 0.231 e. The summed E-state index contributed by atoms with van der Waals surface area (Å²) in [6, 6.07) is 10.9. The number of rotatable bonds is 3. The van der Waals surface area contributed by atoms with Crippen LogP contribution in [0.3, 0.4) is 0 Å². The Labute approximate surface area is 147 Å². The van der Waals surface area contributed by atoms with Gasteiger partial charge in [-0.1, -0.05) is 36.1 Å². The fourth-order valence-corrected chi connectivity index (χ4v) is 3.65. The lowest BCUT2D eigenvalue weighted by atomic mass is 10.0. The van der Waals surface area contributed by atoms with Gasteiger partial charge in [0.25, 0.3) is 0 Å². The van der Waals surface area contributed by atoms with Gasteiger partial charge in [-0.15, -0.1) is 0 Å². The fraction of sp³-hybridized carbons (Fsp3) is 0.286. The molecule has 0 amide bonds. The highest BCUT2D eigenvalue weighted by molar-refractivity contribution is 6.15. The summed E-state index contributed by atoms with van der Waals surface area (Å²) in [6.07, 6.45) is 4.15. The Hall–Kier alpha value is -2.59. The van der Waals surface area contributed by atoms with Gasteiger partial charge in [-0.2, -0.15) is 0 Å². The summed E-state index contributed by atoms with van der Waals surface area (Å²) in [5.74, 6) is 0.586. The predicted molar refractivity (Wildman–Crippen MR) is 93.6 cm³/mol. The van der Waals surface area contributed by atoms with Crippen LogP contribution in [-0.4, -0.2) is 18.9 Å². The van der Waals surface area contributed by atoms with E-state index in [2.05, 4.69) is 0 Å². The molecule has 0 aromatic heterocycles. The molecule has 1 N–H and O–H groups in total. The molecule has 2 aromatic rings. The van der Waals surface area contributed by atoms with Gasteiger partial charge < -0.3 is 14.7 Å². The number of ketones is 1. The number of fused-ring (bicyclic) bond motifs is 1. The Bertz CT molecular complexity index is 863. The summed E-state index contributed by atoms with van der Waals surface area (Å²) in [7, 11) is 0. The summed E-state index contributed by atoms with van der Waals surface area (Å²) >= 11 is 0. The zero-order chi connectivity index (χ0) is 17.4. The third-order valence-corrected chi connectivity index (χ3v) is 5.11. The van der Waals surface area contributed by atoms with E-state index < -0.39 is 0 Å².